The first-order chi connectivity index (χ1) is 17.6. The van der Waals surface area contributed by atoms with Gasteiger partial charge in [-0.15, -0.1) is 11.3 Å². The highest BCUT2D eigenvalue weighted by Gasteiger charge is 2.27. The van der Waals surface area contributed by atoms with Crippen molar-refractivity contribution < 1.29 is 14.3 Å². The van der Waals surface area contributed by atoms with E-state index in [0.717, 1.165) is 47.8 Å². The van der Waals surface area contributed by atoms with Crippen molar-refractivity contribution in [3.8, 4) is 11.5 Å². The molecule has 0 aliphatic carbocycles. The molecule has 0 unspecified atom stereocenters. The minimum Gasteiger partial charge on any atom is -0.454 e. The van der Waals surface area contributed by atoms with Gasteiger partial charge in [-0.1, -0.05) is 36.4 Å². The van der Waals surface area contributed by atoms with Crippen LogP contribution in [-0.4, -0.2) is 58.2 Å². The highest BCUT2D eigenvalue weighted by Crippen LogP contribution is 2.33. The number of rotatable bonds is 5. The maximum absolute atomic E-state index is 13.4. The van der Waals surface area contributed by atoms with Crippen LogP contribution in [0.4, 0.5) is 0 Å². The summed E-state index contributed by atoms with van der Waals surface area (Å²) in [7, 11) is 0. The normalized spacial score (nSPS) is 15.5. The molecule has 9 heteroatoms. The van der Waals surface area contributed by atoms with Gasteiger partial charge in [0.2, 0.25) is 6.79 Å². The Morgan fingerprint density at radius 2 is 1.75 bits per heavy atom. The first-order valence-electron chi connectivity index (χ1n) is 12.0. The number of fused-ring (bicyclic) bond motifs is 2. The lowest BCUT2D eigenvalue weighted by Crippen LogP contribution is -2.48. The number of amides is 1. The Kier molecular flexibility index (Phi) is 5.94. The van der Waals surface area contributed by atoms with Crippen LogP contribution in [-0.2, 0) is 13.1 Å². The number of hydrogen-bond donors (Lipinski definition) is 0. The van der Waals surface area contributed by atoms with Crippen molar-refractivity contribution in [1.82, 2.24) is 19.4 Å². The predicted molar refractivity (Wildman–Crippen MR) is 138 cm³/mol. The Labute approximate surface area is 212 Å². The second-order valence-corrected chi connectivity index (χ2v) is 10.2. The standard InChI is InChI=1S/C27H26N4O4S/c1-18-23-25(28-16-31(26(23)32)15-19-5-3-2-4-6-19)36-24(18)27(33)30-11-9-29(10-12-30)14-20-7-8-21-22(13-20)35-17-34-21/h2-8,13,16H,9-12,14-15,17H2,1H3. The Balaban J connectivity index is 1.15. The molecule has 6 rings (SSSR count). The number of benzene rings is 2. The van der Waals surface area contributed by atoms with Gasteiger partial charge in [-0.25, -0.2) is 4.98 Å². The Morgan fingerprint density at radius 1 is 0.972 bits per heavy atom. The Bertz CT molecular complexity index is 1490. The van der Waals surface area contributed by atoms with Gasteiger partial charge in [0.15, 0.2) is 11.5 Å². The van der Waals surface area contributed by atoms with Crippen molar-refractivity contribution in [2.45, 2.75) is 20.0 Å². The van der Waals surface area contributed by atoms with Crippen molar-refractivity contribution in [1.29, 1.82) is 0 Å². The predicted octanol–water partition coefficient (Wildman–Crippen LogP) is 3.50. The average molecular weight is 503 g/mol. The average Bonchev–Trinajstić information content (AvgIpc) is 3.50. The minimum atomic E-state index is -0.106. The van der Waals surface area contributed by atoms with E-state index in [1.54, 1.807) is 10.9 Å². The molecular weight excluding hydrogens is 476 g/mol. The van der Waals surface area contributed by atoms with Crippen LogP contribution < -0.4 is 15.0 Å². The fraction of sp³-hybridized carbons (Fsp3) is 0.296. The van der Waals surface area contributed by atoms with E-state index >= 15 is 0 Å². The van der Waals surface area contributed by atoms with Crippen molar-refractivity contribution in [3.63, 3.8) is 0 Å². The van der Waals surface area contributed by atoms with Crippen LogP contribution in [0, 0.1) is 6.92 Å². The second-order valence-electron chi connectivity index (χ2n) is 9.16. The van der Waals surface area contributed by atoms with E-state index in [4.69, 9.17) is 9.47 Å². The molecule has 1 amide bonds. The molecule has 36 heavy (non-hydrogen) atoms. The van der Waals surface area contributed by atoms with Crippen LogP contribution in [0.15, 0.2) is 59.7 Å². The van der Waals surface area contributed by atoms with Crippen LogP contribution in [0.2, 0.25) is 0 Å². The van der Waals surface area contributed by atoms with E-state index in [1.165, 1.54) is 11.3 Å². The molecule has 0 radical (unpaired) electrons. The summed E-state index contributed by atoms with van der Waals surface area (Å²) in [6, 6.07) is 15.9. The van der Waals surface area contributed by atoms with E-state index in [9.17, 15) is 9.59 Å². The lowest BCUT2D eigenvalue weighted by atomic mass is 10.1. The number of ether oxygens (including phenoxy) is 2. The van der Waals surface area contributed by atoms with Crippen molar-refractivity contribution in [3.05, 3.63) is 86.8 Å². The third kappa shape index (κ3) is 4.25. The van der Waals surface area contributed by atoms with E-state index in [1.807, 2.05) is 54.3 Å². The smallest absolute Gasteiger partial charge is 0.264 e. The maximum atomic E-state index is 13.4. The molecule has 2 aromatic heterocycles. The molecule has 0 bridgehead atoms. The lowest BCUT2D eigenvalue weighted by molar-refractivity contribution is 0.0632. The number of nitrogens with zero attached hydrogens (tertiary/aromatic N) is 4. The summed E-state index contributed by atoms with van der Waals surface area (Å²) in [4.78, 5) is 36.6. The zero-order valence-electron chi connectivity index (χ0n) is 20.0. The third-order valence-corrected chi connectivity index (χ3v) is 8.00. The molecule has 2 aliphatic rings. The Hall–Kier alpha value is -3.69. The summed E-state index contributed by atoms with van der Waals surface area (Å²) in [5.74, 6) is 1.56. The topological polar surface area (TPSA) is 76.9 Å². The van der Waals surface area contributed by atoms with Crippen LogP contribution in [0.25, 0.3) is 10.2 Å². The maximum Gasteiger partial charge on any atom is 0.264 e. The lowest BCUT2D eigenvalue weighted by Gasteiger charge is -2.34. The van der Waals surface area contributed by atoms with Gasteiger partial charge in [0.1, 0.15) is 4.83 Å². The summed E-state index contributed by atoms with van der Waals surface area (Å²) in [5, 5.41) is 0.545. The number of piperazine rings is 1. The SMILES string of the molecule is Cc1c(C(=O)N2CCN(Cc3ccc4c(c3)OCO4)CC2)sc2ncn(Cc3ccccc3)c(=O)c12. The zero-order valence-corrected chi connectivity index (χ0v) is 20.8. The van der Waals surface area contributed by atoms with Gasteiger partial charge in [0.05, 0.1) is 23.1 Å². The monoisotopic (exact) mass is 502 g/mol. The van der Waals surface area contributed by atoms with Gasteiger partial charge in [-0.2, -0.15) is 0 Å². The fourth-order valence-electron chi connectivity index (χ4n) is 4.81. The molecule has 1 fully saturated rings. The van der Waals surface area contributed by atoms with Crippen molar-refractivity contribution >= 4 is 27.5 Å². The summed E-state index contributed by atoms with van der Waals surface area (Å²) < 4.78 is 12.5. The van der Waals surface area contributed by atoms with Gasteiger partial charge in [0.25, 0.3) is 11.5 Å². The van der Waals surface area contributed by atoms with Crippen molar-refractivity contribution in [2.24, 2.45) is 0 Å². The van der Waals surface area contributed by atoms with E-state index in [0.29, 0.717) is 34.7 Å². The van der Waals surface area contributed by atoms with E-state index in [2.05, 4.69) is 16.0 Å². The van der Waals surface area contributed by atoms with Gasteiger partial charge in [-0.3, -0.25) is 19.1 Å². The van der Waals surface area contributed by atoms with E-state index in [-0.39, 0.29) is 18.3 Å². The molecule has 1 saturated heterocycles. The summed E-state index contributed by atoms with van der Waals surface area (Å²) in [6.07, 6.45) is 1.58. The van der Waals surface area contributed by atoms with Crippen LogP contribution in [0.1, 0.15) is 26.4 Å². The molecule has 0 spiro atoms. The summed E-state index contributed by atoms with van der Waals surface area (Å²) in [6.45, 7) is 6.23. The number of aromatic nitrogens is 2. The largest absolute Gasteiger partial charge is 0.454 e. The Morgan fingerprint density at radius 3 is 2.56 bits per heavy atom. The van der Waals surface area contributed by atoms with Gasteiger partial charge < -0.3 is 14.4 Å². The van der Waals surface area contributed by atoms with Crippen LogP contribution >= 0.6 is 11.3 Å². The number of aryl methyl sites for hydroxylation is 1. The first-order valence-corrected chi connectivity index (χ1v) is 12.8. The van der Waals surface area contributed by atoms with Crippen molar-refractivity contribution in [2.75, 3.05) is 33.0 Å². The fourth-order valence-corrected chi connectivity index (χ4v) is 5.91. The van der Waals surface area contributed by atoms with E-state index < -0.39 is 0 Å². The quantitative estimate of drug-likeness (QED) is 0.416. The van der Waals surface area contributed by atoms with Crippen LogP contribution in [0.3, 0.4) is 0 Å². The summed E-state index contributed by atoms with van der Waals surface area (Å²) in [5.41, 5.74) is 2.81. The molecular formula is C27H26N4O4S. The minimum absolute atomic E-state index is 0.0211. The molecule has 0 atom stereocenters. The number of thiophene rings is 1. The highest BCUT2D eigenvalue weighted by molar-refractivity contribution is 7.20. The number of carbonyl (C=O) groups is 1. The molecule has 8 nitrogen and oxygen atoms in total. The third-order valence-electron chi connectivity index (χ3n) is 6.81. The molecule has 0 saturated carbocycles. The van der Waals surface area contributed by atoms with Gasteiger partial charge >= 0.3 is 0 Å². The van der Waals surface area contributed by atoms with Crippen LogP contribution in [0.5, 0.6) is 11.5 Å². The van der Waals surface area contributed by atoms with Gasteiger partial charge in [-0.05, 0) is 35.7 Å². The molecule has 4 aromatic rings. The molecule has 0 N–H and O–H groups in total. The van der Waals surface area contributed by atoms with Gasteiger partial charge in [0, 0.05) is 32.7 Å². The number of hydrogen-bond acceptors (Lipinski definition) is 7. The first kappa shape index (κ1) is 22.8. The number of carbonyl (C=O) groups excluding carboxylic acids is 1. The second kappa shape index (κ2) is 9.40. The highest BCUT2D eigenvalue weighted by atomic mass is 32.1. The molecule has 2 aliphatic heterocycles. The molecule has 4 heterocycles. The molecule has 2 aromatic carbocycles. The molecule has 184 valence electrons. The summed E-state index contributed by atoms with van der Waals surface area (Å²) >= 11 is 1.31. The zero-order chi connectivity index (χ0) is 24.6.